The van der Waals surface area contributed by atoms with Gasteiger partial charge < -0.3 is 0 Å². The summed E-state index contributed by atoms with van der Waals surface area (Å²) in [5.41, 5.74) is 0.982. The maximum atomic E-state index is 13.4. The Morgan fingerprint density at radius 2 is 2.19 bits per heavy atom. The van der Waals surface area contributed by atoms with Gasteiger partial charge in [-0.15, -0.1) is 0 Å². The summed E-state index contributed by atoms with van der Waals surface area (Å²) in [6, 6.07) is 6.90. The number of likely N-dealkylation sites (tertiary alicyclic amines) is 1. The molecule has 0 radical (unpaired) electrons. The zero-order chi connectivity index (χ0) is 15.5. The van der Waals surface area contributed by atoms with E-state index in [9.17, 15) is 12.8 Å². The fourth-order valence-electron chi connectivity index (χ4n) is 3.00. The number of hydrogen-bond acceptors (Lipinski definition) is 3. The minimum Gasteiger partial charge on any atom is -0.296 e. The average molecular weight is 314 g/mol. The molecule has 4 nitrogen and oxygen atoms in total. The molecule has 1 aliphatic heterocycles. The first kappa shape index (κ1) is 16.4. The molecule has 1 aromatic rings. The lowest BCUT2D eigenvalue weighted by molar-refractivity contribution is 0.254. The van der Waals surface area contributed by atoms with E-state index in [1.807, 2.05) is 6.07 Å². The van der Waals surface area contributed by atoms with E-state index in [1.165, 1.54) is 13.1 Å². The summed E-state index contributed by atoms with van der Waals surface area (Å²) in [7, 11) is -1.72. The van der Waals surface area contributed by atoms with Crippen LogP contribution >= 0.6 is 0 Å². The van der Waals surface area contributed by atoms with E-state index in [4.69, 9.17) is 0 Å². The van der Waals surface area contributed by atoms with Gasteiger partial charge in [-0.2, -0.15) is 0 Å². The molecule has 1 N–H and O–H groups in total. The lowest BCUT2D eigenvalue weighted by Gasteiger charge is -2.24. The second-order valence-corrected chi connectivity index (χ2v) is 7.83. The van der Waals surface area contributed by atoms with E-state index in [2.05, 4.69) is 16.5 Å². The van der Waals surface area contributed by atoms with Crippen molar-refractivity contribution in [1.82, 2.24) is 9.62 Å². The molecule has 0 bridgehead atoms. The average Bonchev–Trinajstić information content (AvgIpc) is 2.80. The first-order valence-electron chi connectivity index (χ1n) is 7.32. The molecule has 1 heterocycles. The van der Waals surface area contributed by atoms with Crippen molar-refractivity contribution in [2.75, 3.05) is 25.9 Å². The van der Waals surface area contributed by atoms with Gasteiger partial charge in [-0.1, -0.05) is 19.1 Å². The predicted octanol–water partition coefficient (Wildman–Crippen LogP) is 2.15. The third-order valence-electron chi connectivity index (χ3n) is 4.02. The molecule has 0 saturated carbocycles. The van der Waals surface area contributed by atoms with Gasteiger partial charge in [0.25, 0.3) is 0 Å². The quantitative estimate of drug-likeness (QED) is 0.875. The summed E-state index contributed by atoms with van der Waals surface area (Å²) >= 11 is 0. The van der Waals surface area contributed by atoms with E-state index in [0.29, 0.717) is 18.9 Å². The lowest BCUT2D eigenvalue weighted by atomic mass is 10.0. The van der Waals surface area contributed by atoms with Crippen molar-refractivity contribution < 1.29 is 12.8 Å². The number of benzene rings is 1. The van der Waals surface area contributed by atoms with Crippen LogP contribution in [0.4, 0.5) is 4.39 Å². The van der Waals surface area contributed by atoms with Crippen molar-refractivity contribution in [3.63, 3.8) is 0 Å². The van der Waals surface area contributed by atoms with Crippen LogP contribution in [0.1, 0.15) is 31.4 Å². The van der Waals surface area contributed by atoms with Crippen molar-refractivity contribution in [3.05, 3.63) is 35.6 Å². The molecule has 0 aliphatic carbocycles. The molecule has 118 valence electrons. The summed E-state index contributed by atoms with van der Waals surface area (Å²) in [4.78, 5) is 2.27. The van der Waals surface area contributed by atoms with Crippen LogP contribution in [0.25, 0.3) is 0 Å². The van der Waals surface area contributed by atoms with Crippen LogP contribution in [0, 0.1) is 11.7 Å². The van der Waals surface area contributed by atoms with Crippen LogP contribution in [-0.4, -0.2) is 39.2 Å². The van der Waals surface area contributed by atoms with Crippen molar-refractivity contribution in [3.8, 4) is 0 Å². The molecule has 1 aliphatic rings. The Labute approximate surface area is 126 Å². The van der Waals surface area contributed by atoms with Crippen molar-refractivity contribution in [1.29, 1.82) is 0 Å². The minimum absolute atomic E-state index is 0.129. The fraction of sp³-hybridized carbons (Fsp3) is 0.600. The molecule has 6 heteroatoms. The van der Waals surface area contributed by atoms with Crippen molar-refractivity contribution in [2.45, 2.75) is 25.8 Å². The van der Waals surface area contributed by atoms with Gasteiger partial charge in [0.1, 0.15) is 5.82 Å². The number of nitrogens with zero attached hydrogens (tertiary/aromatic N) is 1. The van der Waals surface area contributed by atoms with Crippen LogP contribution < -0.4 is 4.72 Å². The minimum atomic E-state index is -3.15. The maximum absolute atomic E-state index is 13.4. The van der Waals surface area contributed by atoms with Crippen LogP contribution in [0.5, 0.6) is 0 Å². The number of rotatable bonds is 6. The van der Waals surface area contributed by atoms with Gasteiger partial charge in [0.2, 0.25) is 10.0 Å². The molecule has 0 spiro atoms. The van der Waals surface area contributed by atoms with Crippen LogP contribution in [-0.2, 0) is 10.0 Å². The van der Waals surface area contributed by atoms with Gasteiger partial charge in [0.05, 0.1) is 5.75 Å². The van der Waals surface area contributed by atoms with Gasteiger partial charge >= 0.3 is 0 Å². The van der Waals surface area contributed by atoms with Gasteiger partial charge in [0, 0.05) is 12.6 Å². The molecule has 0 unspecified atom stereocenters. The summed E-state index contributed by atoms with van der Waals surface area (Å²) in [6.45, 7) is 3.82. The van der Waals surface area contributed by atoms with Crippen molar-refractivity contribution in [2.24, 2.45) is 5.92 Å². The summed E-state index contributed by atoms with van der Waals surface area (Å²) in [5, 5.41) is 0. The normalized spacial score (nSPS) is 23.6. The molecule has 1 saturated heterocycles. The Bertz CT molecular complexity index is 577. The Hall–Kier alpha value is -0.980. The Kier molecular flexibility index (Phi) is 5.35. The number of hydrogen-bond donors (Lipinski definition) is 1. The van der Waals surface area contributed by atoms with Gasteiger partial charge in [-0.25, -0.2) is 17.5 Å². The van der Waals surface area contributed by atoms with Crippen LogP contribution in [0.3, 0.4) is 0 Å². The number of halogens is 1. The molecule has 1 aromatic carbocycles. The van der Waals surface area contributed by atoms with Gasteiger partial charge in [0.15, 0.2) is 0 Å². The third kappa shape index (κ3) is 4.49. The third-order valence-corrected chi connectivity index (χ3v) is 5.46. The van der Waals surface area contributed by atoms with Crippen LogP contribution in [0.15, 0.2) is 24.3 Å². The summed E-state index contributed by atoms with van der Waals surface area (Å²) in [5.74, 6) is 0.452. The van der Waals surface area contributed by atoms with E-state index in [-0.39, 0.29) is 17.6 Å². The van der Waals surface area contributed by atoms with E-state index < -0.39 is 10.0 Å². The molecule has 1 fully saturated rings. The molecular formula is C15H23FN2O2S. The second-order valence-electron chi connectivity index (χ2n) is 5.78. The zero-order valence-electron chi connectivity index (χ0n) is 12.5. The SMILES string of the molecule is CNS(=O)(=O)CCCN1C[C@@H](C)C[C@H]1c1cccc(F)c1. The lowest BCUT2D eigenvalue weighted by Crippen LogP contribution is -2.29. The highest BCUT2D eigenvalue weighted by atomic mass is 32.2. The Morgan fingerprint density at radius 1 is 1.43 bits per heavy atom. The highest BCUT2D eigenvalue weighted by Crippen LogP contribution is 2.35. The molecule has 21 heavy (non-hydrogen) atoms. The van der Waals surface area contributed by atoms with E-state index >= 15 is 0 Å². The maximum Gasteiger partial charge on any atom is 0.211 e. The largest absolute Gasteiger partial charge is 0.296 e. The molecule has 0 amide bonds. The van der Waals surface area contributed by atoms with E-state index in [1.54, 1.807) is 12.1 Å². The van der Waals surface area contributed by atoms with Gasteiger partial charge in [-0.05, 0) is 50.0 Å². The first-order chi connectivity index (χ1) is 9.91. The summed E-state index contributed by atoms with van der Waals surface area (Å²) in [6.07, 6.45) is 1.57. The standard InChI is InChI=1S/C15H23FN2O2S/c1-12-9-15(13-5-3-6-14(16)10-13)18(11-12)7-4-8-21(19,20)17-2/h3,5-6,10,12,15,17H,4,7-9,11H2,1-2H3/t12-,15-/m0/s1. The Balaban J connectivity index is 2.00. The smallest absolute Gasteiger partial charge is 0.211 e. The monoisotopic (exact) mass is 314 g/mol. The molecule has 2 atom stereocenters. The first-order valence-corrected chi connectivity index (χ1v) is 8.97. The number of sulfonamides is 1. The molecule has 0 aromatic heterocycles. The van der Waals surface area contributed by atoms with Gasteiger partial charge in [-0.3, -0.25) is 4.90 Å². The topological polar surface area (TPSA) is 49.4 Å². The Morgan fingerprint density at radius 3 is 2.86 bits per heavy atom. The molecule has 2 rings (SSSR count). The van der Waals surface area contributed by atoms with Crippen LogP contribution in [0.2, 0.25) is 0 Å². The van der Waals surface area contributed by atoms with E-state index in [0.717, 1.165) is 18.5 Å². The summed E-state index contributed by atoms with van der Waals surface area (Å²) < 4.78 is 38.6. The molecular weight excluding hydrogens is 291 g/mol. The highest BCUT2D eigenvalue weighted by Gasteiger charge is 2.30. The fourth-order valence-corrected chi connectivity index (χ4v) is 3.71. The second kappa shape index (κ2) is 6.85. The zero-order valence-corrected chi connectivity index (χ0v) is 13.4. The van der Waals surface area contributed by atoms with Crippen molar-refractivity contribution >= 4 is 10.0 Å². The number of nitrogens with one attached hydrogen (secondary N) is 1. The highest BCUT2D eigenvalue weighted by molar-refractivity contribution is 7.89. The predicted molar refractivity (Wildman–Crippen MR) is 82.0 cm³/mol.